The lowest BCUT2D eigenvalue weighted by Gasteiger charge is -2.33. The highest BCUT2D eigenvalue weighted by molar-refractivity contribution is 7.14. The van der Waals surface area contributed by atoms with Crippen molar-refractivity contribution in [3.8, 4) is 0 Å². The van der Waals surface area contributed by atoms with Crippen molar-refractivity contribution in [1.29, 1.82) is 0 Å². The van der Waals surface area contributed by atoms with Gasteiger partial charge in [-0.15, -0.1) is 11.3 Å². The van der Waals surface area contributed by atoms with E-state index in [0.29, 0.717) is 10.6 Å². The molecule has 2 aromatic carbocycles. The molecule has 0 spiro atoms. The monoisotopic (exact) mass is 503 g/mol. The van der Waals surface area contributed by atoms with Crippen molar-refractivity contribution in [3.05, 3.63) is 88.4 Å². The van der Waals surface area contributed by atoms with E-state index in [4.69, 9.17) is 0 Å². The molecule has 0 unspecified atom stereocenters. The number of benzene rings is 2. The van der Waals surface area contributed by atoms with Crippen molar-refractivity contribution in [2.45, 2.75) is 39.3 Å². The number of nitrogens with zero attached hydrogens (tertiary/aromatic N) is 2. The maximum absolute atomic E-state index is 13.9. The van der Waals surface area contributed by atoms with Crippen molar-refractivity contribution in [2.24, 2.45) is 0 Å². The number of nitrogens with one attached hydrogen (secondary N) is 1. The number of aromatic amines is 1. The van der Waals surface area contributed by atoms with Gasteiger partial charge in [0.05, 0.1) is 5.00 Å². The topological polar surface area (TPSA) is 93.7 Å². The molecule has 2 aromatic heterocycles. The van der Waals surface area contributed by atoms with Crippen LogP contribution in [0, 0.1) is 13.8 Å². The normalized spacial score (nSPS) is 12.8. The molecule has 0 aliphatic heterocycles. The molecule has 2 amide bonds. The Morgan fingerprint density at radius 1 is 1.03 bits per heavy atom. The average molecular weight is 504 g/mol. The largest absolute Gasteiger partial charge is 0.480 e. The number of hydrogen-bond acceptors (Lipinski definition) is 4. The first-order valence-electron chi connectivity index (χ1n) is 11.7. The Morgan fingerprint density at radius 2 is 1.72 bits per heavy atom. The maximum atomic E-state index is 13.9. The number of carboxylic acids is 1. The van der Waals surface area contributed by atoms with Crippen molar-refractivity contribution in [2.75, 3.05) is 11.9 Å². The number of likely N-dealkylation sites (N-methyl/N-ethyl adjacent to an activating group) is 1. The third-order valence-corrected chi connectivity index (χ3v) is 7.26. The fraction of sp³-hybridized carbons (Fsp3) is 0.250. The second-order valence-corrected chi connectivity index (χ2v) is 9.97. The number of aromatic nitrogens is 1. The molecule has 2 N–H and O–H groups in total. The summed E-state index contributed by atoms with van der Waals surface area (Å²) in [4.78, 5) is 45.5. The number of fused-ring (bicyclic) bond motifs is 1. The predicted octanol–water partition coefficient (Wildman–Crippen LogP) is 5.04. The third kappa shape index (κ3) is 5.04. The summed E-state index contributed by atoms with van der Waals surface area (Å²) in [6, 6.07) is 14.7. The molecular weight excluding hydrogens is 474 g/mol. The number of aryl methyl sites for hydroxylation is 2. The van der Waals surface area contributed by atoms with Gasteiger partial charge in [-0.2, -0.15) is 0 Å². The average Bonchev–Trinajstić information content (AvgIpc) is 3.52. The lowest BCUT2D eigenvalue weighted by atomic mass is 10.0. The Morgan fingerprint density at radius 3 is 2.36 bits per heavy atom. The second-order valence-electron chi connectivity index (χ2n) is 9.05. The van der Waals surface area contributed by atoms with Gasteiger partial charge in [0.1, 0.15) is 12.1 Å². The molecular formula is C28H29N3O4S. The smallest absolute Gasteiger partial charge is 0.327 e. The number of carbonyl (C=O) groups excluding carboxylic acids is 2. The van der Waals surface area contributed by atoms with Gasteiger partial charge in [-0.1, -0.05) is 35.4 Å². The van der Waals surface area contributed by atoms with Crippen LogP contribution in [0.5, 0.6) is 0 Å². The van der Waals surface area contributed by atoms with Crippen LogP contribution in [0.25, 0.3) is 10.9 Å². The summed E-state index contributed by atoms with van der Waals surface area (Å²) >= 11 is 1.29. The number of carbonyl (C=O) groups is 3. The van der Waals surface area contributed by atoms with Gasteiger partial charge >= 0.3 is 5.97 Å². The summed E-state index contributed by atoms with van der Waals surface area (Å²) in [5.74, 6) is -1.86. The lowest BCUT2D eigenvalue weighted by molar-refractivity contribution is -0.140. The summed E-state index contributed by atoms with van der Waals surface area (Å²) in [5.41, 5.74) is 4.11. The molecule has 2 heterocycles. The van der Waals surface area contributed by atoms with Crippen molar-refractivity contribution >= 4 is 45.0 Å². The Kier molecular flexibility index (Phi) is 7.26. The Balaban J connectivity index is 1.66. The number of para-hydroxylation sites is 1. The Hall–Kier alpha value is -3.91. The minimum atomic E-state index is -1.15. The molecule has 0 saturated heterocycles. The van der Waals surface area contributed by atoms with Crippen molar-refractivity contribution in [1.82, 2.24) is 9.88 Å². The fourth-order valence-corrected chi connectivity index (χ4v) is 5.25. The Bertz CT molecular complexity index is 1390. The number of aliphatic carboxylic acids is 1. The van der Waals surface area contributed by atoms with Crippen LogP contribution in [-0.4, -0.2) is 51.9 Å². The molecule has 0 aliphatic rings. The predicted molar refractivity (Wildman–Crippen MR) is 143 cm³/mol. The summed E-state index contributed by atoms with van der Waals surface area (Å²) in [5, 5.41) is 13.5. The number of anilines is 1. The number of amides is 2. The van der Waals surface area contributed by atoms with Crippen LogP contribution in [0.3, 0.4) is 0 Å². The molecule has 4 aromatic rings. The number of hydrogen-bond donors (Lipinski definition) is 2. The van der Waals surface area contributed by atoms with Crippen molar-refractivity contribution < 1.29 is 19.5 Å². The van der Waals surface area contributed by atoms with Gasteiger partial charge in [0.25, 0.3) is 11.8 Å². The molecule has 0 aliphatic carbocycles. The number of rotatable bonds is 8. The lowest BCUT2D eigenvalue weighted by Crippen LogP contribution is -2.54. The van der Waals surface area contributed by atoms with Crippen LogP contribution < -0.4 is 4.90 Å². The third-order valence-electron chi connectivity index (χ3n) is 6.39. The number of carboxylic acid groups (broad SMARTS) is 1. The molecule has 186 valence electrons. The van der Waals surface area contributed by atoms with Crippen LogP contribution in [0.4, 0.5) is 5.00 Å². The first kappa shape index (κ1) is 25.2. The van der Waals surface area contributed by atoms with E-state index in [1.807, 2.05) is 44.2 Å². The van der Waals surface area contributed by atoms with E-state index in [2.05, 4.69) is 4.98 Å². The van der Waals surface area contributed by atoms with Gasteiger partial charge in [0.15, 0.2) is 0 Å². The Labute approximate surface area is 214 Å². The molecule has 0 radical (unpaired) electrons. The van der Waals surface area contributed by atoms with Gasteiger partial charge in [0, 0.05) is 36.1 Å². The second kappa shape index (κ2) is 10.4. The fourth-order valence-electron chi connectivity index (χ4n) is 4.47. The minimum absolute atomic E-state index is 0.116. The highest BCUT2D eigenvalue weighted by Crippen LogP contribution is 2.29. The zero-order valence-corrected chi connectivity index (χ0v) is 21.5. The van der Waals surface area contributed by atoms with Gasteiger partial charge < -0.3 is 15.0 Å². The highest BCUT2D eigenvalue weighted by atomic mass is 32.1. The van der Waals surface area contributed by atoms with E-state index in [1.54, 1.807) is 49.8 Å². The van der Waals surface area contributed by atoms with E-state index >= 15 is 0 Å². The van der Waals surface area contributed by atoms with E-state index in [-0.39, 0.29) is 12.3 Å². The molecule has 0 bridgehead atoms. The molecule has 0 saturated carbocycles. The van der Waals surface area contributed by atoms with Crippen LogP contribution in [0.1, 0.15) is 34.0 Å². The minimum Gasteiger partial charge on any atom is -0.480 e. The standard InChI is InChI=1S/C28H29N3O4S/c1-17-12-18(2)14-20(13-17)27(33)30(4)19(3)26(32)31(25-10-7-11-36-25)24(28(34)35)15-21-16-29-23-9-6-5-8-22(21)23/h5-14,16,19,24,29H,15H2,1-4H3,(H,34,35)/t19-,24-/m0/s1. The van der Waals surface area contributed by atoms with Gasteiger partial charge in [-0.25, -0.2) is 4.79 Å². The summed E-state index contributed by atoms with van der Waals surface area (Å²) in [6.45, 7) is 5.46. The van der Waals surface area contributed by atoms with E-state index in [0.717, 1.165) is 27.6 Å². The molecule has 2 atom stereocenters. The summed E-state index contributed by atoms with van der Waals surface area (Å²) < 4.78 is 0. The first-order valence-corrected chi connectivity index (χ1v) is 12.5. The molecule has 36 heavy (non-hydrogen) atoms. The SMILES string of the molecule is Cc1cc(C)cc(C(=O)N(C)[C@@H](C)C(=O)N(c2cccs2)[C@@H](Cc2c[nH]c3ccccc23)C(=O)O)c1. The van der Waals surface area contributed by atoms with Gasteiger partial charge in [0.2, 0.25) is 0 Å². The molecule has 7 nitrogen and oxygen atoms in total. The quantitative estimate of drug-likeness (QED) is 0.352. The highest BCUT2D eigenvalue weighted by Gasteiger charge is 2.37. The number of thiophene rings is 1. The van der Waals surface area contributed by atoms with Gasteiger partial charge in [-0.05, 0) is 62.0 Å². The van der Waals surface area contributed by atoms with Crippen LogP contribution >= 0.6 is 11.3 Å². The molecule has 4 rings (SSSR count). The van der Waals surface area contributed by atoms with E-state index < -0.39 is 24.0 Å². The van der Waals surface area contributed by atoms with E-state index in [9.17, 15) is 19.5 Å². The molecule has 0 fully saturated rings. The van der Waals surface area contributed by atoms with Crippen LogP contribution in [0.15, 0.2) is 66.2 Å². The summed E-state index contributed by atoms with van der Waals surface area (Å²) in [7, 11) is 1.57. The first-order chi connectivity index (χ1) is 17.2. The molecule has 8 heteroatoms. The zero-order chi connectivity index (χ0) is 26.0. The zero-order valence-electron chi connectivity index (χ0n) is 20.7. The van der Waals surface area contributed by atoms with Crippen LogP contribution in [-0.2, 0) is 16.0 Å². The van der Waals surface area contributed by atoms with Gasteiger partial charge in [-0.3, -0.25) is 14.5 Å². The summed E-state index contributed by atoms with van der Waals surface area (Å²) in [6.07, 6.45) is 1.90. The van der Waals surface area contributed by atoms with Crippen LogP contribution in [0.2, 0.25) is 0 Å². The van der Waals surface area contributed by atoms with E-state index in [1.165, 1.54) is 21.1 Å². The number of H-pyrrole nitrogens is 1. The maximum Gasteiger partial charge on any atom is 0.327 e. The van der Waals surface area contributed by atoms with Crippen molar-refractivity contribution in [3.63, 3.8) is 0 Å².